The van der Waals surface area contributed by atoms with Crippen molar-refractivity contribution >= 4 is 17.6 Å². The third-order valence-electron chi connectivity index (χ3n) is 6.80. The number of nitrogens with one attached hydrogen (secondary N) is 3. The fourth-order valence-electron chi connectivity index (χ4n) is 4.55. The van der Waals surface area contributed by atoms with E-state index in [4.69, 9.17) is 9.47 Å². The smallest absolute Gasteiger partial charge is 0.243 e. The Morgan fingerprint density at radius 2 is 1.38 bits per heavy atom. The topological polar surface area (TPSA) is 109 Å². The van der Waals surface area contributed by atoms with Crippen LogP contribution in [0.25, 0.3) is 0 Å². The summed E-state index contributed by atoms with van der Waals surface area (Å²) in [5.74, 6) is 0.135. The van der Waals surface area contributed by atoms with E-state index in [0.717, 1.165) is 16.9 Å². The van der Waals surface area contributed by atoms with Crippen molar-refractivity contribution in [3.8, 4) is 5.75 Å². The van der Waals surface area contributed by atoms with E-state index >= 15 is 0 Å². The van der Waals surface area contributed by atoms with E-state index in [-0.39, 0.29) is 29.6 Å². The first-order chi connectivity index (χ1) is 18.5. The van der Waals surface area contributed by atoms with Gasteiger partial charge in [0.25, 0.3) is 0 Å². The zero-order valence-corrected chi connectivity index (χ0v) is 24.0. The van der Waals surface area contributed by atoms with Crippen LogP contribution in [-0.4, -0.2) is 61.1 Å². The second-order valence-electron chi connectivity index (χ2n) is 11.3. The van der Waals surface area contributed by atoms with E-state index in [9.17, 15) is 14.4 Å². The highest BCUT2D eigenvalue weighted by Crippen LogP contribution is 2.29. The number of amides is 2. The molecule has 0 aromatic heterocycles. The van der Waals surface area contributed by atoms with Gasteiger partial charge in [-0.3, -0.25) is 14.4 Å². The number of ketones is 1. The molecule has 2 aromatic carbocycles. The molecule has 1 fully saturated rings. The molecule has 2 amide bonds. The Morgan fingerprint density at radius 1 is 0.846 bits per heavy atom. The molecule has 212 valence electrons. The molecular formula is C31H43N3O5. The average Bonchev–Trinajstić information content (AvgIpc) is 3.65. The Labute approximate surface area is 232 Å². The monoisotopic (exact) mass is 537 g/mol. The fraction of sp³-hybridized carbons (Fsp3) is 0.516. The predicted molar refractivity (Wildman–Crippen MR) is 152 cm³/mol. The van der Waals surface area contributed by atoms with Gasteiger partial charge in [0.05, 0.1) is 25.8 Å². The summed E-state index contributed by atoms with van der Waals surface area (Å²) in [5, 5.41) is 9.26. The van der Waals surface area contributed by atoms with Gasteiger partial charge in [-0.25, -0.2) is 0 Å². The van der Waals surface area contributed by atoms with Crippen molar-refractivity contribution in [2.45, 2.75) is 83.6 Å². The van der Waals surface area contributed by atoms with Crippen molar-refractivity contribution in [1.29, 1.82) is 0 Å². The number of Topliss-reactive ketones (excluding diaryl/α,β-unsaturated/α-hetero) is 1. The molecule has 0 unspecified atom stereocenters. The minimum atomic E-state index is -0.859. The zero-order valence-electron chi connectivity index (χ0n) is 24.0. The van der Waals surface area contributed by atoms with Crippen LogP contribution in [-0.2, 0) is 32.0 Å². The van der Waals surface area contributed by atoms with Gasteiger partial charge >= 0.3 is 0 Å². The minimum Gasteiger partial charge on any atom is -0.497 e. The van der Waals surface area contributed by atoms with Crippen LogP contribution in [0.5, 0.6) is 5.75 Å². The summed E-state index contributed by atoms with van der Waals surface area (Å²) in [6.07, 6.45) is 1.23. The first-order valence-corrected chi connectivity index (χ1v) is 13.7. The van der Waals surface area contributed by atoms with Crippen LogP contribution in [0.1, 0.15) is 52.2 Å². The molecule has 3 rings (SSSR count). The van der Waals surface area contributed by atoms with Crippen LogP contribution in [0.3, 0.4) is 0 Å². The lowest BCUT2D eigenvalue weighted by atomic mass is 9.93. The van der Waals surface area contributed by atoms with Gasteiger partial charge < -0.3 is 25.4 Å². The van der Waals surface area contributed by atoms with Crippen LogP contribution in [0.15, 0.2) is 54.6 Å². The van der Waals surface area contributed by atoms with Gasteiger partial charge in [0, 0.05) is 12.5 Å². The number of hydrogen-bond acceptors (Lipinski definition) is 6. The van der Waals surface area contributed by atoms with Crippen LogP contribution >= 0.6 is 0 Å². The van der Waals surface area contributed by atoms with Crippen LogP contribution in [0, 0.1) is 5.92 Å². The van der Waals surface area contributed by atoms with Crippen LogP contribution in [0.4, 0.5) is 0 Å². The van der Waals surface area contributed by atoms with E-state index in [0.29, 0.717) is 25.9 Å². The van der Waals surface area contributed by atoms with E-state index in [1.165, 1.54) is 0 Å². The summed E-state index contributed by atoms with van der Waals surface area (Å²) in [7, 11) is 1.61. The Kier molecular flexibility index (Phi) is 10.7. The van der Waals surface area contributed by atoms with E-state index in [1.54, 1.807) is 14.0 Å². The Hall–Kier alpha value is -3.23. The predicted octanol–water partition coefficient (Wildman–Crippen LogP) is 3.22. The highest BCUT2D eigenvalue weighted by Gasteiger charge is 2.50. The van der Waals surface area contributed by atoms with E-state index in [2.05, 4.69) is 16.0 Å². The summed E-state index contributed by atoms with van der Waals surface area (Å²) in [5.41, 5.74) is 1.02. The van der Waals surface area contributed by atoms with Crippen LogP contribution < -0.4 is 20.7 Å². The maximum absolute atomic E-state index is 13.6. The lowest BCUT2D eigenvalue weighted by Gasteiger charge is -2.27. The maximum Gasteiger partial charge on any atom is 0.243 e. The first kappa shape index (κ1) is 30.3. The Bertz CT molecular complexity index is 1100. The molecule has 0 saturated carbocycles. The van der Waals surface area contributed by atoms with Crippen LogP contribution in [0.2, 0.25) is 0 Å². The molecule has 1 heterocycles. The molecule has 8 nitrogen and oxygen atoms in total. The second-order valence-corrected chi connectivity index (χ2v) is 11.3. The number of epoxide rings is 1. The van der Waals surface area contributed by atoms with Gasteiger partial charge in [0.1, 0.15) is 17.4 Å². The maximum atomic E-state index is 13.6. The summed E-state index contributed by atoms with van der Waals surface area (Å²) >= 11 is 0. The fourth-order valence-corrected chi connectivity index (χ4v) is 4.55. The van der Waals surface area contributed by atoms with Crippen molar-refractivity contribution < 1.29 is 23.9 Å². The molecule has 4 atom stereocenters. The molecule has 39 heavy (non-hydrogen) atoms. The van der Waals surface area contributed by atoms with E-state index in [1.807, 2.05) is 82.3 Å². The number of rotatable bonds is 15. The summed E-state index contributed by atoms with van der Waals surface area (Å²) < 4.78 is 10.6. The first-order valence-electron chi connectivity index (χ1n) is 13.7. The molecule has 8 heteroatoms. The number of ether oxygens (including phenoxy) is 2. The van der Waals surface area contributed by atoms with Gasteiger partial charge in [0.2, 0.25) is 11.8 Å². The second kappa shape index (κ2) is 13.7. The van der Waals surface area contributed by atoms with Crippen molar-refractivity contribution in [1.82, 2.24) is 16.0 Å². The number of carbonyl (C=O) groups excluding carboxylic acids is 3. The minimum absolute atomic E-state index is 0.0488. The SMILES string of the molecule is COc1ccc(C[C@H](NC(C)C)C(=O)N[C@@H](Cc2ccccc2)C(=O)N[C@@H](CC(C)C)C(=O)[C@@]2(C)CO2)cc1. The number of carbonyl (C=O) groups is 3. The Morgan fingerprint density at radius 3 is 1.92 bits per heavy atom. The van der Waals surface area contributed by atoms with E-state index < -0.39 is 23.7 Å². The van der Waals surface area contributed by atoms with Gasteiger partial charge in [0.15, 0.2) is 5.78 Å². The van der Waals surface area contributed by atoms with Crippen molar-refractivity contribution in [3.05, 3.63) is 65.7 Å². The molecule has 1 saturated heterocycles. The van der Waals surface area contributed by atoms with Gasteiger partial charge in [-0.2, -0.15) is 0 Å². The summed E-state index contributed by atoms with van der Waals surface area (Å²) in [6, 6.07) is 15.1. The standard InChI is InChI=1S/C31H43N3O5/c1-20(2)16-25(28(35)31(5)19-39-31)33-30(37)27(17-22-10-8-7-9-11-22)34-29(36)26(32-21(3)4)18-23-12-14-24(38-6)15-13-23/h7-15,20-21,25-27,32H,16-19H2,1-6H3,(H,33,37)(H,34,36)/t25-,26-,27-,31+/m0/s1. The van der Waals surface area contributed by atoms with Gasteiger partial charge in [-0.05, 0) is 48.9 Å². The third-order valence-corrected chi connectivity index (χ3v) is 6.80. The lowest BCUT2D eigenvalue weighted by molar-refractivity contribution is -0.133. The average molecular weight is 538 g/mol. The lowest BCUT2D eigenvalue weighted by Crippen LogP contribution is -2.57. The highest BCUT2D eigenvalue weighted by atomic mass is 16.6. The van der Waals surface area contributed by atoms with Gasteiger partial charge in [-0.15, -0.1) is 0 Å². The number of hydrogen-bond donors (Lipinski definition) is 3. The third kappa shape index (κ3) is 9.18. The molecule has 0 radical (unpaired) electrons. The molecular weight excluding hydrogens is 494 g/mol. The highest BCUT2D eigenvalue weighted by molar-refractivity contribution is 5.98. The normalized spacial score (nSPS) is 18.8. The number of benzene rings is 2. The van der Waals surface area contributed by atoms with Crippen molar-refractivity contribution in [2.24, 2.45) is 5.92 Å². The zero-order chi connectivity index (χ0) is 28.6. The molecule has 0 spiro atoms. The van der Waals surface area contributed by atoms with Crippen molar-refractivity contribution in [3.63, 3.8) is 0 Å². The van der Waals surface area contributed by atoms with Gasteiger partial charge in [-0.1, -0.05) is 70.2 Å². The molecule has 1 aliphatic rings. The number of methoxy groups -OCH3 is 1. The Balaban J connectivity index is 1.80. The quantitative estimate of drug-likeness (QED) is 0.301. The molecule has 0 bridgehead atoms. The molecule has 3 N–H and O–H groups in total. The van der Waals surface area contributed by atoms with Crippen molar-refractivity contribution in [2.75, 3.05) is 13.7 Å². The molecule has 0 aliphatic carbocycles. The summed E-state index contributed by atoms with van der Waals surface area (Å²) in [6.45, 7) is 10.1. The largest absolute Gasteiger partial charge is 0.497 e. The summed E-state index contributed by atoms with van der Waals surface area (Å²) in [4.78, 5) is 40.4. The molecule has 1 aliphatic heterocycles. The molecule has 2 aromatic rings.